The third-order valence-electron chi connectivity index (χ3n) is 2.37. The molecule has 0 aliphatic rings. The molecule has 0 bridgehead atoms. The number of para-hydroxylation sites is 1. The lowest BCUT2D eigenvalue weighted by molar-refractivity contribution is -0.163. The largest absolute Gasteiger partial charge is 0.460 e. The van der Waals surface area contributed by atoms with Crippen molar-refractivity contribution in [1.82, 2.24) is 5.48 Å². The number of ether oxygens (including phenoxy) is 1. The molecule has 0 radical (unpaired) electrons. The highest BCUT2D eigenvalue weighted by molar-refractivity contribution is 5.91. The number of rotatable bonds is 6. The van der Waals surface area contributed by atoms with Gasteiger partial charge in [0.15, 0.2) is 0 Å². The predicted molar refractivity (Wildman–Crippen MR) is 74.9 cm³/mol. The zero-order chi connectivity index (χ0) is 15.7. The van der Waals surface area contributed by atoms with Crippen LogP contribution in [0.25, 0.3) is 0 Å². The quantitative estimate of drug-likeness (QED) is 0.464. The maximum Gasteiger partial charge on any atom is 0.343 e. The van der Waals surface area contributed by atoms with Crippen molar-refractivity contribution in [3.63, 3.8) is 0 Å². The Kier molecular flexibility index (Phi) is 6.73. The number of amides is 1. The van der Waals surface area contributed by atoms with E-state index in [1.54, 1.807) is 0 Å². The molecule has 7 nitrogen and oxygen atoms in total. The molecule has 21 heavy (non-hydrogen) atoms. The van der Waals surface area contributed by atoms with E-state index in [2.05, 4.69) is 10.2 Å². The summed E-state index contributed by atoms with van der Waals surface area (Å²) < 4.78 is 5.00. The highest BCUT2D eigenvalue weighted by Crippen LogP contribution is 2.15. The Balaban J connectivity index is 2.42. The van der Waals surface area contributed by atoms with Crippen molar-refractivity contribution in [1.29, 1.82) is 0 Å². The van der Waals surface area contributed by atoms with Crippen LogP contribution in [0.1, 0.15) is 25.8 Å². The topological polar surface area (TPSA) is 93.7 Å². The summed E-state index contributed by atoms with van der Waals surface area (Å²) in [6, 6.07) is 7.39. The zero-order valence-electron chi connectivity index (χ0n) is 12.0. The Bertz CT molecular complexity index is 516. The predicted octanol–water partition coefficient (Wildman–Crippen LogP) is 1.15. The number of hydroxylamine groups is 1. The molecule has 2 N–H and O–H groups in total. The van der Waals surface area contributed by atoms with E-state index in [4.69, 9.17) is 4.74 Å². The Morgan fingerprint density at radius 3 is 2.52 bits per heavy atom. The SMILES string of the molecule is CCNc1ccccc1COC(=O)CC(=O)ONC(C)=O. The normalized spacial score (nSPS) is 9.62. The molecule has 1 amide bonds. The van der Waals surface area contributed by atoms with Gasteiger partial charge < -0.3 is 14.9 Å². The van der Waals surface area contributed by atoms with Gasteiger partial charge in [-0.2, -0.15) is 5.48 Å². The Morgan fingerprint density at radius 2 is 1.86 bits per heavy atom. The molecular weight excluding hydrogens is 276 g/mol. The van der Waals surface area contributed by atoms with Crippen LogP contribution < -0.4 is 10.8 Å². The van der Waals surface area contributed by atoms with E-state index in [9.17, 15) is 14.4 Å². The van der Waals surface area contributed by atoms with E-state index in [-0.39, 0.29) is 6.61 Å². The van der Waals surface area contributed by atoms with Crippen LogP contribution in [-0.2, 0) is 30.6 Å². The highest BCUT2D eigenvalue weighted by atomic mass is 16.7. The molecule has 0 fully saturated rings. The summed E-state index contributed by atoms with van der Waals surface area (Å²) in [6.07, 6.45) is -0.566. The molecule has 0 heterocycles. The van der Waals surface area contributed by atoms with Crippen molar-refractivity contribution in [2.45, 2.75) is 26.9 Å². The van der Waals surface area contributed by atoms with Gasteiger partial charge in [0, 0.05) is 24.7 Å². The van der Waals surface area contributed by atoms with Crippen LogP contribution in [0.3, 0.4) is 0 Å². The number of carbonyl (C=O) groups is 3. The Labute approximate surface area is 122 Å². The fourth-order valence-electron chi connectivity index (χ4n) is 1.50. The lowest BCUT2D eigenvalue weighted by atomic mass is 10.2. The second kappa shape index (κ2) is 8.57. The molecule has 0 aliphatic carbocycles. The van der Waals surface area contributed by atoms with Gasteiger partial charge in [0.1, 0.15) is 13.0 Å². The van der Waals surface area contributed by atoms with Crippen LogP contribution in [-0.4, -0.2) is 24.4 Å². The third kappa shape index (κ3) is 6.42. The molecule has 1 aromatic rings. The number of esters is 1. The van der Waals surface area contributed by atoms with Crippen molar-refractivity contribution in [2.75, 3.05) is 11.9 Å². The van der Waals surface area contributed by atoms with Gasteiger partial charge >= 0.3 is 11.9 Å². The molecule has 0 aliphatic heterocycles. The first-order chi connectivity index (χ1) is 10.0. The third-order valence-corrected chi connectivity index (χ3v) is 2.37. The molecule has 1 aromatic carbocycles. The van der Waals surface area contributed by atoms with Gasteiger partial charge in [0.25, 0.3) is 0 Å². The summed E-state index contributed by atoms with van der Waals surface area (Å²) in [5, 5.41) is 3.14. The highest BCUT2D eigenvalue weighted by Gasteiger charge is 2.13. The minimum Gasteiger partial charge on any atom is -0.460 e. The van der Waals surface area contributed by atoms with E-state index in [0.717, 1.165) is 17.8 Å². The van der Waals surface area contributed by atoms with Crippen LogP contribution in [0.15, 0.2) is 24.3 Å². The summed E-state index contributed by atoms with van der Waals surface area (Å²) in [7, 11) is 0. The second-order valence-electron chi connectivity index (χ2n) is 4.16. The van der Waals surface area contributed by atoms with Gasteiger partial charge in [-0.05, 0) is 13.0 Å². The first-order valence-corrected chi connectivity index (χ1v) is 6.46. The van der Waals surface area contributed by atoms with Crippen molar-refractivity contribution in [3.05, 3.63) is 29.8 Å². The van der Waals surface area contributed by atoms with Crippen LogP contribution in [0, 0.1) is 0 Å². The number of hydrogen-bond acceptors (Lipinski definition) is 6. The van der Waals surface area contributed by atoms with E-state index in [1.807, 2.05) is 36.7 Å². The monoisotopic (exact) mass is 294 g/mol. The minimum absolute atomic E-state index is 0.0510. The van der Waals surface area contributed by atoms with Crippen molar-refractivity contribution >= 4 is 23.5 Å². The Hall–Kier alpha value is -2.57. The molecule has 0 unspecified atom stereocenters. The number of nitrogens with one attached hydrogen (secondary N) is 2. The smallest absolute Gasteiger partial charge is 0.343 e. The fourth-order valence-corrected chi connectivity index (χ4v) is 1.50. The van der Waals surface area contributed by atoms with E-state index in [1.165, 1.54) is 6.92 Å². The summed E-state index contributed by atoms with van der Waals surface area (Å²) in [6.45, 7) is 3.94. The van der Waals surface area contributed by atoms with Crippen LogP contribution in [0.5, 0.6) is 0 Å². The van der Waals surface area contributed by atoms with Crippen LogP contribution >= 0.6 is 0 Å². The molecule has 0 aromatic heterocycles. The van der Waals surface area contributed by atoms with Gasteiger partial charge in [0.2, 0.25) is 5.91 Å². The van der Waals surface area contributed by atoms with Crippen molar-refractivity contribution in [3.8, 4) is 0 Å². The summed E-state index contributed by atoms with van der Waals surface area (Å²) >= 11 is 0. The molecule has 114 valence electrons. The zero-order valence-corrected chi connectivity index (χ0v) is 12.0. The van der Waals surface area contributed by atoms with Crippen LogP contribution in [0.2, 0.25) is 0 Å². The summed E-state index contributed by atoms with van der Waals surface area (Å²) in [4.78, 5) is 37.5. The number of benzene rings is 1. The first kappa shape index (κ1) is 16.5. The van der Waals surface area contributed by atoms with Crippen molar-refractivity contribution in [2.24, 2.45) is 0 Å². The summed E-state index contributed by atoms with van der Waals surface area (Å²) in [5.41, 5.74) is 3.52. The van der Waals surface area contributed by atoms with Gasteiger partial charge in [-0.3, -0.25) is 9.59 Å². The number of hydrogen-bond donors (Lipinski definition) is 2. The molecule has 0 atom stereocenters. The fraction of sp³-hybridized carbons (Fsp3) is 0.357. The molecule has 1 rings (SSSR count). The lowest BCUT2D eigenvalue weighted by Gasteiger charge is -2.10. The van der Waals surface area contributed by atoms with Gasteiger partial charge in [0.05, 0.1) is 0 Å². The van der Waals surface area contributed by atoms with E-state index >= 15 is 0 Å². The number of anilines is 1. The lowest BCUT2D eigenvalue weighted by Crippen LogP contribution is -2.26. The molecule has 0 spiro atoms. The van der Waals surface area contributed by atoms with Gasteiger partial charge in [-0.15, -0.1) is 0 Å². The van der Waals surface area contributed by atoms with Crippen molar-refractivity contribution < 1.29 is 24.0 Å². The molecule has 7 heteroatoms. The van der Waals surface area contributed by atoms with Crippen LogP contribution in [0.4, 0.5) is 5.69 Å². The maximum absolute atomic E-state index is 11.5. The minimum atomic E-state index is -0.879. The molecule has 0 saturated heterocycles. The molecular formula is C14H18N2O5. The summed E-state index contributed by atoms with van der Waals surface area (Å²) in [5.74, 6) is -2.14. The van der Waals surface area contributed by atoms with Gasteiger partial charge in [-0.25, -0.2) is 4.79 Å². The van der Waals surface area contributed by atoms with E-state index in [0.29, 0.717) is 0 Å². The van der Waals surface area contributed by atoms with Gasteiger partial charge in [-0.1, -0.05) is 18.2 Å². The average Bonchev–Trinajstić information content (AvgIpc) is 2.44. The second-order valence-corrected chi connectivity index (χ2v) is 4.16. The maximum atomic E-state index is 11.5. The first-order valence-electron chi connectivity index (χ1n) is 6.46. The average molecular weight is 294 g/mol. The van der Waals surface area contributed by atoms with E-state index < -0.39 is 24.3 Å². The molecule has 0 saturated carbocycles. The Morgan fingerprint density at radius 1 is 1.14 bits per heavy atom. The number of carbonyl (C=O) groups excluding carboxylic acids is 3. The standard InChI is InChI=1S/C14H18N2O5/c1-3-15-12-7-5-4-6-11(12)9-20-13(18)8-14(19)21-16-10(2)17/h4-7,15H,3,8-9H2,1-2H3,(H,16,17).